The molecule has 0 saturated carbocycles. The van der Waals surface area contributed by atoms with Crippen molar-refractivity contribution in [1.82, 2.24) is 9.78 Å². The fourth-order valence-electron chi connectivity index (χ4n) is 2.72. The van der Waals surface area contributed by atoms with Gasteiger partial charge < -0.3 is 10.1 Å². The van der Waals surface area contributed by atoms with Gasteiger partial charge in [-0.1, -0.05) is 30.3 Å². The number of aromatic nitrogens is 2. The van der Waals surface area contributed by atoms with Crippen molar-refractivity contribution in [3.63, 3.8) is 0 Å². The quantitative estimate of drug-likeness (QED) is 0.395. The highest BCUT2D eigenvalue weighted by Gasteiger charge is 2.21. The Morgan fingerprint density at radius 2 is 2.03 bits per heavy atom. The Kier molecular flexibility index (Phi) is 5.90. The lowest BCUT2D eigenvalue weighted by atomic mass is 10.1. The molecule has 0 aliphatic rings. The summed E-state index contributed by atoms with van der Waals surface area (Å²) in [5.41, 5.74) is 2.42. The summed E-state index contributed by atoms with van der Waals surface area (Å²) in [6.07, 6.45) is 3.19. The van der Waals surface area contributed by atoms with Crippen LogP contribution in [0.15, 0.2) is 48.2 Å². The van der Waals surface area contributed by atoms with Gasteiger partial charge in [0.2, 0.25) is 0 Å². The minimum absolute atomic E-state index is 0.0911. The smallest absolute Gasteiger partial charge is 0.340 e. The van der Waals surface area contributed by atoms with Gasteiger partial charge in [0.05, 0.1) is 18.4 Å². The van der Waals surface area contributed by atoms with Gasteiger partial charge in [-0.2, -0.15) is 10.4 Å². The molecule has 3 aromatic rings. The lowest BCUT2D eigenvalue weighted by Gasteiger charge is -2.04. The number of carbonyl (C=O) groups is 2. The number of amides is 1. The normalized spacial score (nSPS) is 11.0. The number of anilines is 1. The molecule has 8 heteroatoms. The number of thiophene rings is 1. The molecule has 0 unspecified atom stereocenters. The minimum atomic E-state index is -0.609. The first kappa shape index (κ1) is 20.0. The topological polar surface area (TPSA) is 97.0 Å². The molecule has 0 fully saturated rings. The first-order chi connectivity index (χ1) is 13.9. The Hall–Kier alpha value is -3.70. The van der Waals surface area contributed by atoms with Crippen LogP contribution in [0.25, 0.3) is 16.5 Å². The van der Waals surface area contributed by atoms with Gasteiger partial charge in [-0.3, -0.25) is 9.48 Å². The molecular formula is C21H18N4O3S. The lowest BCUT2D eigenvalue weighted by Crippen LogP contribution is -2.15. The van der Waals surface area contributed by atoms with Gasteiger partial charge in [-0.15, -0.1) is 11.3 Å². The predicted molar refractivity (Wildman–Crippen MR) is 111 cm³/mol. The Labute approximate surface area is 171 Å². The van der Waals surface area contributed by atoms with Gasteiger partial charge in [0.25, 0.3) is 5.91 Å². The number of hydrogen-bond donors (Lipinski definition) is 1. The van der Waals surface area contributed by atoms with Crippen LogP contribution in [0.5, 0.6) is 0 Å². The Morgan fingerprint density at radius 3 is 2.62 bits per heavy atom. The van der Waals surface area contributed by atoms with E-state index in [1.807, 2.05) is 36.4 Å². The molecule has 0 aliphatic carbocycles. The third-order valence-corrected chi connectivity index (χ3v) is 5.24. The molecule has 1 aromatic carbocycles. The molecule has 3 rings (SSSR count). The summed E-state index contributed by atoms with van der Waals surface area (Å²) in [6.45, 7) is 1.79. The third-order valence-electron chi connectivity index (χ3n) is 4.14. The number of nitrogens with one attached hydrogen (secondary N) is 1. The Morgan fingerprint density at radius 1 is 1.31 bits per heavy atom. The molecule has 1 N–H and O–H groups in total. The summed E-state index contributed by atoms with van der Waals surface area (Å²) >= 11 is 1.24. The molecule has 0 spiro atoms. The Bertz CT molecular complexity index is 1140. The number of rotatable bonds is 5. The second kappa shape index (κ2) is 8.54. The number of methoxy groups -OCH3 is 1. The molecule has 0 radical (unpaired) electrons. The van der Waals surface area contributed by atoms with Gasteiger partial charge in [0.15, 0.2) is 0 Å². The maximum Gasteiger partial charge on any atom is 0.340 e. The lowest BCUT2D eigenvalue weighted by molar-refractivity contribution is -0.112. The predicted octanol–water partition coefficient (Wildman–Crippen LogP) is 3.79. The van der Waals surface area contributed by atoms with Gasteiger partial charge in [-0.25, -0.2) is 4.79 Å². The minimum Gasteiger partial charge on any atom is -0.465 e. The second-order valence-corrected chi connectivity index (χ2v) is 7.23. The summed E-state index contributed by atoms with van der Waals surface area (Å²) in [7, 11) is 3.04. The van der Waals surface area contributed by atoms with Crippen molar-refractivity contribution in [2.75, 3.05) is 12.4 Å². The van der Waals surface area contributed by atoms with Crippen LogP contribution in [-0.4, -0.2) is 28.8 Å². The largest absolute Gasteiger partial charge is 0.465 e. The van der Waals surface area contributed by atoms with Crippen molar-refractivity contribution in [3.8, 4) is 16.5 Å². The highest BCUT2D eigenvalue weighted by atomic mass is 32.1. The van der Waals surface area contributed by atoms with Crippen LogP contribution in [-0.2, 0) is 16.6 Å². The second-order valence-electron chi connectivity index (χ2n) is 6.18. The van der Waals surface area contributed by atoms with Crippen molar-refractivity contribution in [2.24, 2.45) is 7.05 Å². The van der Waals surface area contributed by atoms with Crippen LogP contribution in [0.1, 0.15) is 21.6 Å². The summed E-state index contributed by atoms with van der Waals surface area (Å²) < 4.78 is 6.44. The number of nitriles is 1. The van der Waals surface area contributed by atoms with Crippen molar-refractivity contribution in [3.05, 3.63) is 65.0 Å². The van der Waals surface area contributed by atoms with Gasteiger partial charge in [0, 0.05) is 23.7 Å². The highest BCUT2D eigenvalue weighted by molar-refractivity contribution is 7.20. The van der Waals surface area contributed by atoms with Crippen LogP contribution in [0.3, 0.4) is 0 Å². The zero-order valence-electron chi connectivity index (χ0n) is 16.1. The van der Waals surface area contributed by atoms with Crippen molar-refractivity contribution >= 4 is 34.3 Å². The van der Waals surface area contributed by atoms with Gasteiger partial charge in [-0.05, 0) is 24.6 Å². The number of ether oxygens (including phenoxy) is 1. The Balaban J connectivity index is 1.94. The zero-order chi connectivity index (χ0) is 21.0. The molecule has 29 heavy (non-hydrogen) atoms. The third kappa shape index (κ3) is 4.42. The van der Waals surface area contributed by atoms with E-state index in [-0.39, 0.29) is 11.1 Å². The molecule has 0 saturated heterocycles. The van der Waals surface area contributed by atoms with E-state index in [2.05, 4.69) is 10.4 Å². The monoisotopic (exact) mass is 406 g/mol. The number of nitrogens with zero attached hydrogens (tertiary/aromatic N) is 3. The maximum atomic E-state index is 12.7. The summed E-state index contributed by atoms with van der Waals surface area (Å²) in [4.78, 5) is 25.7. The van der Waals surface area contributed by atoms with E-state index in [9.17, 15) is 14.9 Å². The number of hydrogen-bond acceptors (Lipinski definition) is 6. The number of benzene rings is 1. The van der Waals surface area contributed by atoms with Crippen LogP contribution >= 0.6 is 11.3 Å². The molecule has 0 atom stereocenters. The van der Waals surface area contributed by atoms with E-state index in [1.54, 1.807) is 30.9 Å². The molecule has 2 heterocycles. The highest BCUT2D eigenvalue weighted by Crippen LogP contribution is 2.36. The van der Waals surface area contributed by atoms with E-state index < -0.39 is 11.9 Å². The molecule has 1 amide bonds. The standard InChI is InChI=1S/C21H18N4O3S/c1-13-16(12-25(2)24-13)9-15(11-22)19(26)23-20-17(21(27)28-3)10-18(29-20)14-7-5-4-6-8-14/h4-10,12H,1-3H3,(H,23,26)/b15-9+. The van der Waals surface area contributed by atoms with Gasteiger partial charge >= 0.3 is 5.97 Å². The SMILES string of the molecule is COC(=O)c1cc(-c2ccccc2)sc1NC(=O)/C(C#N)=C/c1cn(C)nc1C. The van der Waals surface area contributed by atoms with E-state index >= 15 is 0 Å². The molecule has 7 nitrogen and oxygen atoms in total. The average molecular weight is 406 g/mol. The summed E-state index contributed by atoms with van der Waals surface area (Å²) in [6, 6.07) is 13.1. The first-order valence-electron chi connectivity index (χ1n) is 8.64. The van der Waals surface area contributed by atoms with E-state index in [1.165, 1.54) is 24.5 Å². The zero-order valence-corrected chi connectivity index (χ0v) is 16.9. The molecule has 0 bridgehead atoms. The molecular weight excluding hydrogens is 388 g/mol. The van der Waals surface area contributed by atoms with Crippen LogP contribution in [0, 0.1) is 18.3 Å². The van der Waals surface area contributed by atoms with Crippen LogP contribution < -0.4 is 5.32 Å². The number of carbonyl (C=O) groups excluding carboxylic acids is 2. The number of esters is 1. The fraction of sp³-hybridized carbons (Fsp3) is 0.143. The number of aryl methyl sites for hydroxylation is 2. The maximum absolute atomic E-state index is 12.7. The van der Waals surface area contributed by atoms with E-state index in [0.717, 1.165) is 10.4 Å². The van der Waals surface area contributed by atoms with Crippen LogP contribution in [0.4, 0.5) is 5.00 Å². The first-order valence-corrected chi connectivity index (χ1v) is 9.45. The van der Waals surface area contributed by atoms with Crippen LogP contribution in [0.2, 0.25) is 0 Å². The average Bonchev–Trinajstić information content (AvgIpc) is 3.28. The summed E-state index contributed by atoms with van der Waals surface area (Å²) in [5.74, 6) is -1.17. The van der Waals surface area contributed by atoms with Crippen molar-refractivity contribution in [2.45, 2.75) is 6.92 Å². The summed E-state index contributed by atoms with van der Waals surface area (Å²) in [5, 5.41) is 16.6. The van der Waals surface area contributed by atoms with E-state index in [4.69, 9.17) is 4.74 Å². The molecule has 2 aromatic heterocycles. The van der Waals surface area contributed by atoms with Crippen molar-refractivity contribution < 1.29 is 14.3 Å². The molecule has 0 aliphatic heterocycles. The molecule has 146 valence electrons. The fourth-order valence-corrected chi connectivity index (χ4v) is 3.77. The van der Waals surface area contributed by atoms with Gasteiger partial charge in [0.1, 0.15) is 16.6 Å². The van der Waals surface area contributed by atoms with E-state index in [0.29, 0.717) is 16.3 Å². The van der Waals surface area contributed by atoms with Crippen molar-refractivity contribution in [1.29, 1.82) is 5.26 Å².